The molecule has 0 aromatic heterocycles. The summed E-state index contributed by atoms with van der Waals surface area (Å²) < 4.78 is 0. The fraction of sp³-hybridized carbons (Fsp3) is 0. The first-order chi connectivity index (χ1) is 3.93. The quantitative estimate of drug-likeness (QED) is 0.376. The number of benzene rings is 1. The molecule has 1 aromatic rings. The molecule has 0 aliphatic rings. The Kier molecular flexibility index (Phi) is 2.11. The van der Waals surface area contributed by atoms with Crippen LogP contribution in [0.1, 0.15) is 0 Å². The fourth-order valence-electron chi connectivity index (χ4n) is 0.614. The van der Waals surface area contributed by atoms with Crippen LogP contribution in [0.5, 0.6) is 0 Å². The van der Waals surface area contributed by atoms with Crippen LogP contribution in [-0.4, -0.2) is 7.00 Å². The lowest BCUT2D eigenvalue weighted by Crippen LogP contribution is -2.05. The van der Waals surface area contributed by atoms with Gasteiger partial charge in [0.2, 0.25) is 0 Å². The second kappa shape index (κ2) is 2.89. The average molecular weight is 122 g/mol. The van der Waals surface area contributed by atoms with Crippen molar-refractivity contribution in [2.75, 3.05) is 0 Å². The van der Waals surface area contributed by atoms with Gasteiger partial charge in [0.25, 0.3) is 0 Å². The second-order valence-electron chi connectivity index (χ2n) is 1.69. The minimum atomic E-state index is 1.06. The van der Waals surface area contributed by atoms with E-state index >= 15 is 0 Å². The van der Waals surface area contributed by atoms with E-state index < -0.39 is 0 Å². The van der Waals surface area contributed by atoms with Crippen molar-refractivity contribution >= 4 is 21.6 Å². The predicted octanol–water partition coefficient (Wildman–Crippen LogP) is 0.538. The molecule has 0 amide bonds. The third-order valence-electron chi connectivity index (χ3n) is 1.08. The van der Waals surface area contributed by atoms with Gasteiger partial charge in [0.15, 0.2) is 7.00 Å². The second-order valence-corrected chi connectivity index (χ2v) is 2.10. The molecule has 0 spiro atoms. The van der Waals surface area contributed by atoms with Crippen molar-refractivity contribution in [1.29, 1.82) is 0 Å². The van der Waals surface area contributed by atoms with Crippen molar-refractivity contribution in [3.63, 3.8) is 0 Å². The van der Waals surface area contributed by atoms with Crippen LogP contribution < -0.4 is 5.46 Å². The summed E-state index contributed by atoms with van der Waals surface area (Å²) in [6.07, 6.45) is 0. The lowest BCUT2D eigenvalue weighted by molar-refractivity contribution is 1.77. The molecule has 1 atom stereocenters. The Hall–Kier alpha value is -0.285. The van der Waals surface area contributed by atoms with Gasteiger partial charge in [0.1, 0.15) is 0 Å². The van der Waals surface area contributed by atoms with Crippen LogP contribution >= 0.6 is 9.12 Å². The van der Waals surface area contributed by atoms with Gasteiger partial charge in [-0.05, 0) is 0 Å². The molecule has 1 unspecified atom stereocenters. The highest BCUT2D eigenvalue weighted by Crippen LogP contribution is 1.83. The Bertz CT molecular complexity index is 150. The predicted molar refractivity (Wildman–Crippen MR) is 42.9 cm³/mol. The molecule has 0 aliphatic heterocycles. The normalized spacial score (nSPS) is 8.62. The summed E-state index contributed by atoms with van der Waals surface area (Å²) in [5.74, 6) is 0. The van der Waals surface area contributed by atoms with E-state index in [2.05, 4.69) is 33.4 Å². The largest absolute Gasteiger partial charge is 0.180 e. The molecule has 0 N–H and O–H groups in total. The number of rotatable bonds is 1. The molecular formula is C6H8BP. The van der Waals surface area contributed by atoms with Crippen LogP contribution in [0.3, 0.4) is 0 Å². The molecule has 1 rings (SSSR count). The maximum absolute atomic E-state index is 2.69. The summed E-state index contributed by atoms with van der Waals surface area (Å²) in [7, 11) is 2.69. The van der Waals surface area contributed by atoms with Gasteiger partial charge in [-0.3, -0.25) is 0 Å². The summed E-state index contributed by atoms with van der Waals surface area (Å²) in [5, 5.41) is 0. The smallest absolute Gasteiger partial charge is 0.169 e. The standard InChI is InChI=1S/C6H8BP/c8-7-6-4-2-1-3-5-6/h1-5,7H,8H2. The highest BCUT2D eigenvalue weighted by Gasteiger charge is 1.82. The van der Waals surface area contributed by atoms with E-state index in [1.807, 2.05) is 6.07 Å². The molecule has 0 fully saturated rings. The first-order valence-electron chi connectivity index (χ1n) is 2.67. The average Bonchev–Trinajstić information content (AvgIpc) is 1.90. The molecule has 0 heterocycles. The molecule has 1 aromatic carbocycles. The zero-order chi connectivity index (χ0) is 5.82. The monoisotopic (exact) mass is 122 g/mol. The van der Waals surface area contributed by atoms with Gasteiger partial charge in [0.05, 0.1) is 0 Å². The van der Waals surface area contributed by atoms with Crippen molar-refractivity contribution in [2.45, 2.75) is 0 Å². The molecule has 8 heavy (non-hydrogen) atoms. The minimum Gasteiger partial charge on any atom is -0.169 e. The third-order valence-corrected chi connectivity index (χ3v) is 1.55. The van der Waals surface area contributed by atoms with Crippen molar-refractivity contribution in [1.82, 2.24) is 0 Å². The van der Waals surface area contributed by atoms with E-state index in [9.17, 15) is 0 Å². The van der Waals surface area contributed by atoms with E-state index in [1.165, 1.54) is 5.46 Å². The van der Waals surface area contributed by atoms with E-state index in [0.29, 0.717) is 0 Å². The van der Waals surface area contributed by atoms with Crippen LogP contribution in [0.2, 0.25) is 0 Å². The molecule has 0 radical (unpaired) electrons. The maximum atomic E-state index is 2.69. The van der Waals surface area contributed by atoms with Crippen LogP contribution in [-0.2, 0) is 0 Å². The Morgan fingerprint density at radius 2 is 1.75 bits per heavy atom. The molecule has 2 heteroatoms. The first kappa shape index (κ1) is 5.84. The topological polar surface area (TPSA) is 0 Å². The summed E-state index contributed by atoms with van der Waals surface area (Å²) in [6, 6.07) is 10.4. The zero-order valence-corrected chi connectivity index (χ0v) is 5.83. The SMILES string of the molecule is PBc1ccccc1. The minimum absolute atomic E-state index is 1.06. The Morgan fingerprint density at radius 1 is 1.12 bits per heavy atom. The van der Waals surface area contributed by atoms with Crippen LogP contribution in [0, 0.1) is 0 Å². The van der Waals surface area contributed by atoms with Crippen LogP contribution in [0.15, 0.2) is 30.3 Å². The van der Waals surface area contributed by atoms with Crippen molar-refractivity contribution in [3.8, 4) is 0 Å². The highest BCUT2D eigenvalue weighted by molar-refractivity contribution is 7.58. The molecule has 0 saturated carbocycles. The fourth-order valence-corrected chi connectivity index (χ4v) is 0.886. The molecule has 0 saturated heterocycles. The van der Waals surface area contributed by atoms with E-state index in [0.717, 1.165) is 7.00 Å². The van der Waals surface area contributed by atoms with Crippen molar-refractivity contribution in [2.24, 2.45) is 0 Å². The van der Waals surface area contributed by atoms with Crippen molar-refractivity contribution < 1.29 is 0 Å². The lowest BCUT2D eigenvalue weighted by atomic mass is 9.95. The molecule has 0 aliphatic carbocycles. The Morgan fingerprint density at radius 3 is 2.12 bits per heavy atom. The molecule has 0 bridgehead atoms. The van der Waals surface area contributed by atoms with Crippen LogP contribution in [0.4, 0.5) is 0 Å². The van der Waals surface area contributed by atoms with Gasteiger partial charge in [-0.25, -0.2) is 0 Å². The summed E-state index contributed by atoms with van der Waals surface area (Å²) in [4.78, 5) is 0. The molecular weight excluding hydrogens is 114 g/mol. The van der Waals surface area contributed by atoms with Crippen molar-refractivity contribution in [3.05, 3.63) is 30.3 Å². The van der Waals surface area contributed by atoms with Gasteiger partial charge in [0, 0.05) is 0 Å². The van der Waals surface area contributed by atoms with E-state index in [1.54, 1.807) is 0 Å². The lowest BCUT2D eigenvalue weighted by Gasteiger charge is -1.88. The highest BCUT2D eigenvalue weighted by atomic mass is 31.0. The molecule has 0 nitrogen and oxygen atoms in total. The zero-order valence-electron chi connectivity index (χ0n) is 4.67. The maximum Gasteiger partial charge on any atom is 0.180 e. The van der Waals surface area contributed by atoms with Gasteiger partial charge < -0.3 is 0 Å². The Balaban J connectivity index is 2.83. The van der Waals surface area contributed by atoms with Crippen LogP contribution in [0.25, 0.3) is 0 Å². The summed E-state index contributed by atoms with van der Waals surface area (Å²) in [5.41, 5.74) is 1.37. The Labute approximate surface area is 52.7 Å². The van der Waals surface area contributed by atoms with Gasteiger partial charge in [-0.2, -0.15) is 9.12 Å². The third kappa shape index (κ3) is 1.35. The molecule has 40 valence electrons. The van der Waals surface area contributed by atoms with Gasteiger partial charge in [-0.15, -0.1) is 0 Å². The summed E-state index contributed by atoms with van der Waals surface area (Å²) >= 11 is 0. The number of hydrogen-bond donors (Lipinski definition) is 0. The van der Waals surface area contributed by atoms with Gasteiger partial charge in [-0.1, -0.05) is 35.8 Å². The summed E-state index contributed by atoms with van der Waals surface area (Å²) in [6.45, 7) is 1.06. The van der Waals surface area contributed by atoms with Gasteiger partial charge >= 0.3 is 0 Å². The number of hydrogen-bond acceptors (Lipinski definition) is 0. The first-order valence-corrected chi connectivity index (χ1v) is 3.49. The van der Waals surface area contributed by atoms with E-state index in [4.69, 9.17) is 0 Å². The van der Waals surface area contributed by atoms with E-state index in [-0.39, 0.29) is 0 Å².